The SMILES string of the molecule is C#CCNC(=O)C(C#N)C(C)=O. The second-order valence-electron chi connectivity index (χ2n) is 2.09. The van der Waals surface area contributed by atoms with Crippen molar-refractivity contribution < 1.29 is 9.59 Å². The van der Waals surface area contributed by atoms with Gasteiger partial charge in [-0.25, -0.2) is 0 Å². The Labute approximate surface area is 70.6 Å². The predicted octanol–water partition coefficient (Wildman–Crippen LogP) is -0.535. The molecule has 0 aliphatic heterocycles. The minimum atomic E-state index is -1.24. The van der Waals surface area contributed by atoms with E-state index in [9.17, 15) is 9.59 Å². The summed E-state index contributed by atoms with van der Waals surface area (Å²) in [4.78, 5) is 21.6. The van der Waals surface area contributed by atoms with E-state index in [0.717, 1.165) is 0 Å². The Kier molecular flexibility index (Phi) is 4.18. The topological polar surface area (TPSA) is 70.0 Å². The van der Waals surface area contributed by atoms with Gasteiger partial charge in [0.1, 0.15) is 0 Å². The molecule has 12 heavy (non-hydrogen) atoms. The molecule has 1 unspecified atom stereocenters. The van der Waals surface area contributed by atoms with Gasteiger partial charge in [-0.1, -0.05) is 5.92 Å². The van der Waals surface area contributed by atoms with Crippen LogP contribution in [0.2, 0.25) is 0 Å². The first-order valence-electron chi connectivity index (χ1n) is 3.24. The van der Waals surface area contributed by atoms with Crippen molar-refractivity contribution >= 4 is 11.7 Å². The highest BCUT2D eigenvalue weighted by molar-refractivity contribution is 6.02. The lowest BCUT2D eigenvalue weighted by Gasteiger charge is -2.03. The molecule has 62 valence electrons. The van der Waals surface area contributed by atoms with Gasteiger partial charge in [-0.15, -0.1) is 6.42 Å². The van der Waals surface area contributed by atoms with Gasteiger partial charge < -0.3 is 5.32 Å². The number of carbonyl (C=O) groups excluding carboxylic acids is 2. The van der Waals surface area contributed by atoms with Crippen LogP contribution in [-0.2, 0) is 9.59 Å². The molecule has 0 aliphatic rings. The molecule has 0 aromatic heterocycles. The fraction of sp³-hybridized carbons (Fsp3) is 0.375. The van der Waals surface area contributed by atoms with E-state index in [1.165, 1.54) is 6.92 Å². The molecule has 4 heteroatoms. The molecule has 0 bridgehead atoms. The van der Waals surface area contributed by atoms with Gasteiger partial charge in [-0.3, -0.25) is 9.59 Å². The molecule has 0 radical (unpaired) electrons. The summed E-state index contributed by atoms with van der Waals surface area (Å²) in [6.07, 6.45) is 4.86. The third-order valence-corrected chi connectivity index (χ3v) is 1.16. The van der Waals surface area contributed by atoms with E-state index in [4.69, 9.17) is 11.7 Å². The third-order valence-electron chi connectivity index (χ3n) is 1.16. The van der Waals surface area contributed by atoms with E-state index in [1.807, 2.05) is 0 Å². The average Bonchev–Trinajstić information content (AvgIpc) is 2.01. The van der Waals surface area contributed by atoms with Gasteiger partial charge in [0.15, 0.2) is 11.7 Å². The maximum Gasteiger partial charge on any atom is 0.245 e. The maximum absolute atomic E-state index is 10.9. The van der Waals surface area contributed by atoms with Crippen molar-refractivity contribution in [1.82, 2.24) is 5.32 Å². The van der Waals surface area contributed by atoms with Crippen LogP contribution in [0.25, 0.3) is 0 Å². The Morgan fingerprint density at radius 2 is 2.25 bits per heavy atom. The molecule has 0 saturated carbocycles. The summed E-state index contributed by atoms with van der Waals surface area (Å²) in [7, 11) is 0. The number of amides is 1. The summed E-state index contributed by atoms with van der Waals surface area (Å²) in [5.74, 6) is -0.190. The lowest BCUT2D eigenvalue weighted by Crippen LogP contribution is -2.33. The van der Waals surface area contributed by atoms with Crippen molar-refractivity contribution in [3.05, 3.63) is 0 Å². The first-order valence-corrected chi connectivity index (χ1v) is 3.24. The minimum Gasteiger partial charge on any atom is -0.344 e. The van der Waals surface area contributed by atoms with Crippen molar-refractivity contribution in [1.29, 1.82) is 5.26 Å². The quantitative estimate of drug-likeness (QED) is 0.450. The number of rotatable bonds is 3. The van der Waals surface area contributed by atoms with Gasteiger partial charge >= 0.3 is 0 Å². The molecule has 4 nitrogen and oxygen atoms in total. The van der Waals surface area contributed by atoms with Crippen LogP contribution in [-0.4, -0.2) is 18.2 Å². The number of ketones is 1. The van der Waals surface area contributed by atoms with Gasteiger partial charge in [0.05, 0.1) is 12.6 Å². The summed E-state index contributed by atoms with van der Waals surface area (Å²) in [6, 6.07) is 1.58. The number of hydrogen-bond acceptors (Lipinski definition) is 3. The fourth-order valence-electron chi connectivity index (χ4n) is 0.574. The standard InChI is InChI=1S/C8H8N2O2/c1-3-4-10-8(12)7(5-9)6(2)11/h1,7H,4H2,2H3,(H,10,12). The fourth-order valence-corrected chi connectivity index (χ4v) is 0.574. The monoisotopic (exact) mass is 164 g/mol. The highest BCUT2D eigenvalue weighted by atomic mass is 16.2. The number of carbonyl (C=O) groups is 2. The molecule has 0 spiro atoms. The molecular weight excluding hydrogens is 156 g/mol. The molecule has 0 saturated heterocycles. The Balaban J connectivity index is 4.18. The summed E-state index contributed by atoms with van der Waals surface area (Å²) < 4.78 is 0. The molecule has 1 N–H and O–H groups in total. The van der Waals surface area contributed by atoms with Crippen molar-refractivity contribution in [3.63, 3.8) is 0 Å². The lowest BCUT2D eigenvalue weighted by molar-refractivity contribution is -0.130. The second kappa shape index (κ2) is 4.92. The maximum atomic E-state index is 10.9. The van der Waals surface area contributed by atoms with E-state index in [1.54, 1.807) is 6.07 Å². The molecule has 0 heterocycles. The van der Waals surface area contributed by atoms with Crippen LogP contribution in [0.5, 0.6) is 0 Å². The Bertz CT molecular complexity index is 270. The van der Waals surface area contributed by atoms with Crippen LogP contribution < -0.4 is 5.32 Å². The zero-order valence-corrected chi connectivity index (χ0v) is 6.63. The molecule has 0 aromatic carbocycles. The summed E-state index contributed by atoms with van der Waals surface area (Å²) in [6.45, 7) is 1.22. The first kappa shape index (κ1) is 10.2. The van der Waals surface area contributed by atoms with E-state index in [-0.39, 0.29) is 6.54 Å². The third kappa shape index (κ3) is 2.85. The largest absolute Gasteiger partial charge is 0.344 e. The summed E-state index contributed by atoms with van der Waals surface area (Å²) in [5.41, 5.74) is 0. The number of Topliss-reactive ketones (excluding diaryl/α,β-unsaturated/α-hetero) is 1. The normalized spacial score (nSPS) is 10.6. The van der Waals surface area contributed by atoms with Crippen LogP contribution in [0.1, 0.15) is 6.92 Å². The van der Waals surface area contributed by atoms with Crippen molar-refractivity contribution in [2.24, 2.45) is 5.92 Å². The molecule has 0 aliphatic carbocycles. The number of hydrogen-bond donors (Lipinski definition) is 1. The molecule has 0 aromatic rings. The van der Waals surface area contributed by atoms with Gasteiger partial charge in [0.25, 0.3) is 0 Å². The Hall–Kier alpha value is -1.81. The highest BCUT2D eigenvalue weighted by Gasteiger charge is 2.21. The lowest BCUT2D eigenvalue weighted by atomic mass is 10.1. The van der Waals surface area contributed by atoms with E-state index in [2.05, 4.69) is 11.2 Å². The van der Waals surface area contributed by atoms with Crippen LogP contribution in [0.3, 0.4) is 0 Å². The molecule has 0 fully saturated rings. The highest BCUT2D eigenvalue weighted by Crippen LogP contribution is 1.95. The second-order valence-corrected chi connectivity index (χ2v) is 2.09. The number of nitrogens with one attached hydrogen (secondary N) is 1. The Morgan fingerprint density at radius 1 is 1.67 bits per heavy atom. The number of nitrogens with zero attached hydrogens (tertiary/aromatic N) is 1. The van der Waals surface area contributed by atoms with Gasteiger partial charge in [-0.2, -0.15) is 5.26 Å². The van der Waals surface area contributed by atoms with E-state index < -0.39 is 17.6 Å². The predicted molar refractivity (Wildman–Crippen MR) is 41.6 cm³/mol. The van der Waals surface area contributed by atoms with Gasteiger partial charge in [-0.05, 0) is 6.92 Å². The van der Waals surface area contributed by atoms with Crippen molar-refractivity contribution in [3.8, 4) is 18.4 Å². The zero-order chi connectivity index (χ0) is 9.56. The van der Waals surface area contributed by atoms with Crippen LogP contribution in [0.4, 0.5) is 0 Å². The summed E-state index contributed by atoms with van der Waals surface area (Å²) in [5, 5.41) is 10.6. The smallest absolute Gasteiger partial charge is 0.245 e. The van der Waals surface area contributed by atoms with Crippen LogP contribution >= 0.6 is 0 Å². The van der Waals surface area contributed by atoms with Crippen molar-refractivity contribution in [2.75, 3.05) is 6.54 Å². The molecule has 1 atom stereocenters. The van der Waals surface area contributed by atoms with Gasteiger partial charge in [0, 0.05) is 0 Å². The molecule has 1 amide bonds. The molecule has 0 rings (SSSR count). The number of nitriles is 1. The van der Waals surface area contributed by atoms with Crippen LogP contribution in [0.15, 0.2) is 0 Å². The minimum absolute atomic E-state index is 0.0320. The van der Waals surface area contributed by atoms with Crippen LogP contribution in [0, 0.1) is 29.6 Å². The Morgan fingerprint density at radius 3 is 2.58 bits per heavy atom. The van der Waals surface area contributed by atoms with E-state index in [0.29, 0.717) is 0 Å². The average molecular weight is 164 g/mol. The number of terminal acetylenes is 1. The van der Waals surface area contributed by atoms with E-state index >= 15 is 0 Å². The zero-order valence-electron chi connectivity index (χ0n) is 6.63. The summed E-state index contributed by atoms with van der Waals surface area (Å²) >= 11 is 0. The first-order chi connectivity index (χ1) is 5.63. The molecular formula is C8H8N2O2. The van der Waals surface area contributed by atoms with Crippen molar-refractivity contribution in [2.45, 2.75) is 6.92 Å². The van der Waals surface area contributed by atoms with Gasteiger partial charge in [0.2, 0.25) is 5.91 Å².